The van der Waals surface area contributed by atoms with Crippen LogP contribution in [0.15, 0.2) is 71.8 Å². The Morgan fingerprint density at radius 3 is 2.41 bits per heavy atom. The first-order chi connectivity index (χ1) is 16.3. The van der Waals surface area contributed by atoms with Crippen molar-refractivity contribution in [2.45, 2.75) is 13.8 Å². The zero-order chi connectivity index (χ0) is 24.5. The van der Waals surface area contributed by atoms with Crippen molar-refractivity contribution in [3.05, 3.63) is 88.4 Å². The highest BCUT2D eigenvalue weighted by Crippen LogP contribution is 2.20. The topological polar surface area (TPSA) is 109 Å². The minimum absolute atomic E-state index is 0.217. The number of hydrazone groups is 1. The molecular weight excluding hydrogens is 456 g/mol. The van der Waals surface area contributed by atoms with E-state index in [4.69, 9.17) is 16.3 Å². The van der Waals surface area contributed by atoms with Crippen molar-refractivity contribution in [3.8, 4) is 5.75 Å². The van der Waals surface area contributed by atoms with E-state index in [0.29, 0.717) is 27.7 Å². The monoisotopic (exact) mass is 478 g/mol. The maximum atomic E-state index is 12.3. The first-order valence-corrected chi connectivity index (χ1v) is 10.7. The van der Waals surface area contributed by atoms with Gasteiger partial charge in [-0.1, -0.05) is 53.6 Å². The average molecular weight is 479 g/mol. The van der Waals surface area contributed by atoms with Crippen LogP contribution in [0.1, 0.15) is 16.7 Å². The fourth-order valence-corrected chi connectivity index (χ4v) is 3.14. The summed E-state index contributed by atoms with van der Waals surface area (Å²) in [5, 5.41) is 9.33. The highest BCUT2D eigenvalue weighted by molar-refractivity contribution is 6.41. The van der Waals surface area contributed by atoms with E-state index in [1.807, 2.05) is 32.0 Å². The predicted molar refractivity (Wildman–Crippen MR) is 132 cm³/mol. The largest absolute Gasteiger partial charge is 0.483 e. The van der Waals surface area contributed by atoms with Crippen LogP contribution in [0.2, 0.25) is 5.02 Å². The number of amides is 3. The number of halogens is 1. The van der Waals surface area contributed by atoms with E-state index < -0.39 is 11.8 Å². The molecule has 0 aliphatic heterocycles. The van der Waals surface area contributed by atoms with E-state index in [0.717, 1.165) is 11.1 Å². The van der Waals surface area contributed by atoms with Crippen molar-refractivity contribution in [1.29, 1.82) is 0 Å². The second kappa shape index (κ2) is 11.6. The van der Waals surface area contributed by atoms with Gasteiger partial charge in [-0.05, 0) is 49.7 Å². The van der Waals surface area contributed by atoms with Crippen LogP contribution in [0.25, 0.3) is 0 Å². The van der Waals surface area contributed by atoms with Crippen LogP contribution in [0, 0.1) is 13.8 Å². The number of benzene rings is 3. The van der Waals surface area contributed by atoms with Crippen LogP contribution in [-0.4, -0.2) is 30.5 Å². The van der Waals surface area contributed by atoms with E-state index in [2.05, 4.69) is 21.2 Å². The van der Waals surface area contributed by atoms with Gasteiger partial charge in [0.25, 0.3) is 5.91 Å². The SMILES string of the molecule is Cc1ccc(NC(=O)COc2ccccc2/C=N\NC(=O)C(=O)Nc2ccccc2Cl)c(C)c1. The first kappa shape index (κ1) is 24.5. The van der Waals surface area contributed by atoms with E-state index in [9.17, 15) is 14.4 Å². The molecule has 0 aliphatic carbocycles. The van der Waals surface area contributed by atoms with Gasteiger partial charge in [0.15, 0.2) is 6.61 Å². The predicted octanol–water partition coefficient (Wildman–Crippen LogP) is 4.06. The van der Waals surface area contributed by atoms with Crippen molar-refractivity contribution in [2.24, 2.45) is 5.10 Å². The number of carbonyl (C=O) groups is 3. The Kier molecular flexibility index (Phi) is 8.37. The number of nitrogens with zero attached hydrogens (tertiary/aromatic N) is 1. The highest BCUT2D eigenvalue weighted by atomic mass is 35.5. The average Bonchev–Trinajstić information content (AvgIpc) is 2.81. The molecular formula is C25H23ClN4O4. The van der Waals surface area contributed by atoms with Crippen LogP contribution >= 0.6 is 11.6 Å². The minimum Gasteiger partial charge on any atom is -0.483 e. The number of hydrogen-bond donors (Lipinski definition) is 3. The molecule has 0 aliphatic rings. The van der Waals surface area contributed by atoms with Crippen molar-refractivity contribution in [2.75, 3.05) is 17.2 Å². The van der Waals surface area contributed by atoms with Crippen LogP contribution in [0.4, 0.5) is 11.4 Å². The van der Waals surface area contributed by atoms with E-state index in [1.165, 1.54) is 6.21 Å². The molecule has 0 atom stereocenters. The van der Waals surface area contributed by atoms with Gasteiger partial charge < -0.3 is 15.4 Å². The van der Waals surface area contributed by atoms with Gasteiger partial charge in [-0.2, -0.15) is 5.10 Å². The zero-order valence-electron chi connectivity index (χ0n) is 18.6. The van der Waals surface area contributed by atoms with Gasteiger partial charge in [-0.3, -0.25) is 14.4 Å². The highest BCUT2D eigenvalue weighted by Gasteiger charge is 2.14. The third-order valence-corrected chi connectivity index (χ3v) is 4.96. The van der Waals surface area contributed by atoms with Gasteiger partial charge >= 0.3 is 11.8 Å². The maximum Gasteiger partial charge on any atom is 0.329 e. The summed E-state index contributed by atoms with van der Waals surface area (Å²) in [6.45, 7) is 3.68. The first-order valence-electron chi connectivity index (χ1n) is 10.3. The lowest BCUT2D eigenvalue weighted by atomic mass is 10.1. The third-order valence-electron chi connectivity index (χ3n) is 4.63. The summed E-state index contributed by atoms with van der Waals surface area (Å²) in [6.07, 6.45) is 1.32. The fourth-order valence-electron chi connectivity index (χ4n) is 2.95. The summed E-state index contributed by atoms with van der Waals surface area (Å²) in [5.74, 6) is -1.82. The molecule has 0 fully saturated rings. The van der Waals surface area contributed by atoms with Gasteiger partial charge in [-0.15, -0.1) is 0 Å². The molecule has 3 rings (SSSR count). The lowest BCUT2D eigenvalue weighted by Crippen LogP contribution is -2.32. The smallest absolute Gasteiger partial charge is 0.329 e. The molecule has 0 saturated heterocycles. The van der Waals surface area contributed by atoms with Gasteiger partial charge in [0.2, 0.25) is 0 Å². The van der Waals surface area contributed by atoms with Crippen LogP contribution in [0.5, 0.6) is 5.75 Å². The molecule has 8 nitrogen and oxygen atoms in total. The van der Waals surface area contributed by atoms with Crippen molar-refractivity contribution in [1.82, 2.24) is 5.43 Å². The Bertz CT molecular complexity index is 1240. The Balaban J connectivity index is 1.55. The molecule has 0 aromatic heterocycles. The number of anilines is 2. The molecule has 0 unspecified atom stereocenters. The van der Waals surface area contributed by atoms with E-state index >= 15 is 0 Å². The maximum absolute atomic E-state index is 12.3. The number of carbonyl (C=O) groups excluding carboxylic acids is 3. The molecule has 174 valence electrons. The van der Waals surface area contributed by atoms with Crippen LogP contribution < -0.4 is 20.8 Å². The normalized spacial score (nSPS) is 10.6. The van der Waals surface area contributed by atoms with Crippen molar-refractivity contribution >= 4 is 46.9 Å². The molecule has 0 heterocycles. The minimum atomic E-state index is -0.970. The van der Waals surface area contributed by atoms with E-state index in [-0.39, 0.29) is 12.5 Å². The Morgan fingerprint density at radius 1 is 0.912 bits per heavy atom. The molecule has 0 saturated carbocycles. The van der Waals surface area contributed by atoms with Gasteiger partial charge in [-0.25, -0.2) is 5.43 Å². The fraction of sp³-hybridized carbons (Fsp3) is 0.120. The number of ether oxygens (including phenoxy) is 1. The molecule has 9 heteroatoms. The molecule has 0 spiro atoms. The Morgan fingerprint density at radius 2 is 1.65 bits per heavy atom. The van der Waals surface area contributed by atoms with E-state index in [1.54, 1.807) is 48.5 Å². The molecule has 34 heavy (non-hydrogen) atoms. The zero-order valence-corrected chi connectivity index (χ0v) is 19.3. The molecule has 3 aromatic carbocycles. The molecule has 3 aromatic rings. The number of nitrogens with one attached hydrogen (secondary N) is 3. The molecule has 0 radical (unpaired) electrons. The number of aryl methyl sites for hydroxylation is 2. The standard InChI is InChI=1S/C25H23ClN4O4/c1-16-11-12-20(17(2)13-16)28-23(31)15-34-22-10-6-3-7-18(22)14-27-30-25(33)24(32)29-21-9-5-4-8-19(21)26/h3-14H,15H2,1-2H3,(H,28,31)(H,29,32)(H,30,33)/b27-14-. The summed E-state index contributed by atoms with van der Waals surface area (Å²) in [6, 6.07) is 19.1. The lowest BCUT2D eigenvalue weighted by Gasteiger charge is -2.11. The van der Waals surface area contributed by atoms with Crippen molar-refractivity contribution < 1.29 is 19.1 Å². The van der Waals surface area contributed by atoms with Gasteiger partial charge in [0.1, 0.15) is 5.75 Å². The van der Waals surface area contributed by atoms with Crippen LogP contribution in [-0.2, 0) is 14.4 Å². The number of rotatable bonds is 7. The molecule has 3 N–H and O–H groups in total. The summed E-state index contributed by atoms with van der Waals surface area (Å²) in [5.41, 5.74) is 5.74. The number of hydrogen-bond acceptors (Lipinski definition) is 5. The second-order valence-electron chi connectivity index (χ2n) is 7.33. The lowest BCUT2D eigenvalue weighted by molar-refractivity contribution is -0.136. The molecule has 3 amide bonds. The second-order valence-corrected chi connectivity index (χ2v) is 7.73. The molecule has 0 bridgehead atoms. The third kappa shape index (κ3) is 6.91. The van der Waals surface area contributed by atoms with Crippen LogP contribution in [0.3, 0.4) is 0 Å². The summed E-state index contributed by atoms with van der Waals surface area (Å²) in [7, 11) is 0. The summed E-state index contributed by atoms with van der Waals surface area (Å²) < 4.78 is 5.62. The summed E-state index contributed by atoms with van der Waals surface area (Å²) >= 11 is 5.97. The van der Waals surface area contributed by atoms with Crippen molar-refractivity contribution in [3.63, 3.8) is 0 Å². The Labute approximate surface area is 202 Å². The quantitative estimate of drug-likeness (QED) is 0.270. The number of para-hydroxylation sites is 2. The summed E-state index contributed by atoms with van der Waals surface area (Å²) in [4.78, 5) is 36.3. The Hall–Kier alpha value is -4.17. The van der Waals surface area contributed by atoms with Gasteiger partial charge in [0, 0.05) is 11.3 Å². The van der Waals surface area contributed by atoms with Gasteiger partial charge in [0.05, 0.1) is 16.9 Å².